The van der Waals surface area contributed by atoms with Crippen molar-refractivity contribution in [3.05, 3.63) is 0 Å². The van der Waals surface area contributed by atoms with Crippen LogP contribution in [0.25, 0.3) is 0 Å². The van der Waals surface area contributed by atoms with Gasteiger partial charge in [-0.15, -0.1) is 6.42 Å². The quantitative estimate of drug-likeness (QED) is 0.697. The van der Waals surface area contributed by atoms with E-state index >= 15 is 0 Å². The zero-order chi connectivity index (χ0) is 11.5. The van der Waals surface area contributed by atoms with Gasteiger partial charge >= 0.3 is 0 Å². The van der Waals surface area contributed by atoms with E-state index in [1.54, 1.807) is 0 Å². The van der Waals surface area contributed by atoms with E-state index in [1.807, 2.05) is 0 Å². The van der Waals surface area contributed by atoms with Crippen LogP contribution in [0.3, 0.4) is 0 Å². The molecule has 0 aromatic heterocycles. The Balaban J connectivity index is 2.79. The van der Waals surface area contributed by atoms with E-state index in [2.05, 4.69) is 43.8 Å². The number of hydrogen-bond donors (Lipinski definition) is 1. The molecule has 15 heavy (non-hydrogen) atoms. The van der Waals surface area contributed by atoms with E-state index in [0.717, 1.165) is 26.1 Å². The maximum absolute atomic E-state index is 5.61. The molecule has 0 saturated carbocycles. The summed E-state index contributed by atoms with van der Waals surface area (Å²) in [6.07, 6.45) is 7.93. The molecule has 1 saturated heterocycles. The average molecular weight is 208 g/mol. The van der Waals surface area contributed by atoms with Crippen LogP contribution in [0.5, 0.6) is 0 Å². The fraction of sp³-hybridized carbons (Fsp3) is 0.846. The van der Waals surface area contributed by atoms with Gasteiger partial charge in [0.05, 0.1) is 5.54 Å². The maximum Gasteiger partial charge on any atom is 0.0766 e. The molecular weight excluding hydrogens is 184 g/mol. The molecule has 0 spiro atoms. The van der Waals surface area contributed by atoms with E-state index in [9.17, 15) is 0 Å². The van der Waals surface area contributed by atoms with Crippen LogP contribution in [0.4, 0.5) is 0 Å². The Hall–Kier alpha value is -0.520. The first-order chi connectivity index (χ1) is 6.93. The van der Waals surface area contributed by atoms with Crippen molar-refractivity contribution in [2.45, 2.75) is 51.6 Å². The minimum Gasteiger partial charge on any atom is -0.310 e. The third-order valence-corrected chi connectivity index (χ3v) is 3.62. The fourth-order valence-corrected chi connectivity index (χ4v) is 2.02. The summed E-state index contributed by atoms with van der Waals surface area (Å²) in [5, 5.41) is 3.62. The third-order valence-electron chi connectivity index (χ3n) is 3.62. The van der Waals surface area contributed by atoms with Gasteiger partial charge in [0.2, 0.25) is 0 Å². The molecule has 1 unspecified atom stereocenters. The van der Waals surface area contributed by atoms with Crippen molar-refractivity contribution < 1.29 is 0 Å². The predicted octanol–water partition coefficient (Wildman–Crippen LogP) is 1.86. The minimum atomic E-state index is -0.123. The maximum atomic E-state index is 5.61. The Morgan fingerprint density at radius 2 is 2.20 bits per heavy atom. The molecule has 86 valence electrons. The summed E-state index contributed by atoms with van der Waals surface area (Å²) in [7, 11) is 0. The highest BCUT2D eigenvalue weighted by atomic mass is 15.2. The first kappa shape index (κ1) is 12.5. The lowest BCUT2D eigenvalue weighted by Crippen LogP contribution is -2.53. The van der Waals surface area contributed by atoms with E-state index in [-0.39, 0.29) is 11.1 Å². The number of rotatable bonds is 2. The molecule has 1 atom stereocenters. The van der Waals surface area contributed by atoms with Crippen LogP contribution in [0.2, 0.25) is 0 Å². The van der Waals surface area contributed by atoms with Crippen LogP contribution in [0.1, 0.15) is 40.5 Å². The summed E-state index contributed by atoms with van der Waals surface area (Å²) < 4.78 is 0. The number of terminal acetylenes is 1. The SMILES string of the molecule is C#CC(C)(C)N1CCCNC(C)(CC)C1. The second kappa shape index (κ2) is 4.55. The molecule has 1 fully saturated rings. The Bertz CT molecular complexity index is 252. The van der Waals surface area contributed by atoms with E-state index in [0.29, 0.717) is 0 Å². The Kier molecular flexibility index (Phi) is 3.81. The first-order valence-corrected chi connectivity index (χ1v) is 5.91. The number of nitrogens with one attached hydrogen (secondary N) is 1. The van der Waals surface area contributed by atoms with Gasteiger partial charge in [-0.2, -0.15) is 0 Å². The lowest BCUT2D eigenvalue weighted by Gasteiger charge is -2.39. The molecular formula is C13H24N2. The topological polar surface area (TPSA) is 15.3 Å². The van der Waals surface area contributed by atoms with Crippen LogP contribution >= 0.6 is 0 Å². The minimum absolute atomic E-state index is 0.123. The van der Waals surface area contributed by atoms with Crippen LogP contribution in [-0.2, 0) is 0 Å². The van der Waals surface area contributed by atoms with Crippen molar-refractivity contribution in [1.82, 2.24) is 10.2 Å². The Morgan fingerprint density at radius 1 is 1.53 bits per heavy atom. The number of nitrogens with zero attached hydrogens (tertiary/aromatic N) is 1. The van der Waals surface area contributed by atoms with Gasteiger partial charge in [-0.05, 0) is 40.2 Å². The van der Waals surface area contributed by atoms with Crippen molar-refractivity contribution in [2.75, 3.05) is 19.6 Å². The van der Waals surface area contributed by atoms with Gasteiger partial charge in [-0.3, -0.25) is 4.90 Å². The molecule has 0 bridgehead atoms. The third kappa shape index (κ3) is 2.96. The summed E-state index contributed by atoms with van der Waals surface area (Å²) in [6.45, 7) is 12.0. The molecule has 0 amide bonds. The van der Waals surface area contributed by atoms with Crippen molar-refractivity contribution in [3.63, 3.8) is 0 Å². The molecule has 2 heteroatoms. The second-order valence-electron chi connectivity index (χ2n) is 5.32. The monoisotopic (exact) mass is 208 g/mol. The molecule has 2 nitrogen and oxygen atoms in total. The van der Waals surface area contributed by atoms with E-state index in [4.69, 9.17) is 6.42 Å². The van der Waals surface area contributed by atoms with Crippen molar-refractivity contribution in [3.8, 4) is 12.3 Å². The summed E-state index contributed by atoms with van der Waals surface area (Å²) in [5.41, 5.74) is 0.0903. The molecule has 1 heterocycles. The Labute approximate surface area is 94.4 Å². The normalized spacial score (nSPS) is 29.5. The highest BCUT2D eigenvalue weighted by molar-refractivity contribution is 5.10. The van der Waals surface area contributed by atoms with Gasteiger partial charge in [0.1, 0.15) is 0 Å². The first-order valence-electron chi connectivity index (χ1n) is 5.91. The molecule has 0 aliphatic carbocycles. The van der Waals surface area contributed by atoms with Crippen molar-refractivity contribution in [1.29, 1.82) is 0 Å². The zero-order valence-corrected chi connectivity index (χ0v) is 10.6. The van der Waals surface area contributed by atoms with Crippen LogP contribution in [0, 0.1) is 12.3 Å². The van der Waals surface area contributed by atoms with Gasteiger partial charge in [0, 0.05) is 18.6 Å². The molecule has 1 rings (SSSR count). The van der Waals surface area contributed by atoms with Crippen LogP contribution < -0.4 is 5.32 Å². The van der Waals surface area contributed by atoms with Gasteiger partial charge in [-0.1, -0.05) is 12.8 Å². The summed E-state index contributed by atoms with van der Waals surface area (Å²) in [5.74, 6) is 2.90. The van der Waals surface area contributed by atoms with Crippen molar-refractivity contribution in [2.24, 2.45) is 0 Å². The second-order valence-corrected chi connectivity index (χ2v) is 5.32. The predicted molar refractivity (Wildman–Crippen MR) is 65.8 cm³/mol. The van der Waals surface area contributed by atoms with Gasteiger partial charge < -0.3 is 5.32 Å². The van der Waals surface area contributed by atoms with Crippen LogP contribution in [0.15, 0.2) is 0 Å². The van der Waals surface area contributed by atoms with Crippen LogP contribution in [-0.4, -0.2) is 35.6 Å². The van der Waals surface area contributed by atoms with E-state index in [1.165, 1.54) is 6.42 Å². The highest BCUT2D eigenvalue weighted by Crippen LogP contribution is 2.22. The molecule has 0 aromatic rings. The zero-order valence-electron chi connectivity index (χ0n) is 10.6. The lowest BCUT2D eigenvalue weighted by molar-refractivity contribution is 0.137. The molecule has 1 N–H and O–H groups in total. The molecule has 0 aromatic carbocycles. The molecule has 0 radical (unpaired) electrons. The smallest absolute Gasteiger partial charge is 0.0766 e. The highest BCUT2D eigenvalue weighted by Gasteiger charge is 2.33. The lowest BCUT2D eigenvalue weighted by atomic mass is 9.95. The average Bonchev–Trinajstić information content (AvgIpc) is 2.41. The van der Waals surface area contributed by atoms with Gasteiger partial charge in [0.25, 0.3) is 0 Å². The fourth-order valence-electron chi connectivity index (χ4n) is 2.02. The number of hydrogen-bond acceptors (Lipinski definition) is 2. The Morgan fingerprint density at radius 3 is 2.73 bits per heavy atom. The summed E-state index contributed by atoms with van der Waals surface area (Å²) in [4.78, 5) is 2.43. The van der Waals surface area contributed by atoms with Gasteiger partial charge in [-0.25, -0.2) is 0 Å². The molecule has 1 aliphatic heterocycles. The largest absolute Gasteiger partial charge is 0.310 e. The summed E-state index contributed by atoms with van der Waals surface area (Å²) >= 11 is 0. The molecule has 1 aliphatic rings. The summed E-state index contributed by atoms with van der Waals surface area (Å²) in [6, 6.07) is 0. The standard InChI is InChI=1S/C13H24N2/c1-6-12(3,4)15-10-8-9-14-13(5,7-2)11-15/h1,14H,7-11H2,2-5H3. The van der Waals surface area contributed by atoms with Crippen molar-refractivity contribution >= 4 is 0 Å². The van der Waals surface area contributed by atoms with E-state index < -0.39 is 0 Å². The van der Waals surface area contributed by atoms with Gasteiger partial charge in [0.15, 0.2) is 0 Å².